The summed E-state index contributed by atoms with van der Waals surface area (Å²) in [5.74, 6) is 0.169. The van der Waals surface area contributed by atoms with E-state index in [4.69, 9.17) is 5.26 Å². The smallest absolute Gasteiger partial charge is 0.252 e. The Labute approximate surface area is 109 Å². The highest BCUT2D eigenvalue weighted by Gasteiger charge is 2.32. The van der Waals surface area contributed by atoms with Gasteiger partial charge in [0.1, 0.15) is 6.04 Å². The Morgan fingerprint density at radius 3 is 2.82 bits per heavy atom. The molecular weight excluding hydrogens is 280 g/mol. The molecule has 88 valence electrons. The van der Waals surface area contributed by atoms with Crippen molar-refractivity contribution in [2.24, 2.45) is 5.92 Å². The van der Waals surface area contributed by atoms with Gasteiger partial charge in [0.25, 0.3) is 5.91 Å². The summed E-state index contributed by atoms with van der Waals surface area (Å²) < 4.78 is 0.907. The van der Waals surface area contributed by atoms with Gasteiger partial charge in [-0.15, -0.1) is 0 Å². The highest BCUT2D eigenvalue weighted by atomic mass is 79.9. The maximum Gasteiger partial charge on any atom is 0.252 e. The lowest BCUT2D eigenvalue weighted by Gasteiger charge is -2.10. The summed E-state index contributed by atoms with van der Waals surface area (Å²) in [6, 6.07) is 7.25. The number of amides is 1. The fourth-order valence-electron chi connectivity index (χ4n) is 1.64. The third-order valence-corrected chi connectivity index (χ3v) is 3.81. The standard InChI is InChI=1S/C13H13BrN2O/c1-8-2-3-10(6-11(8)14)13(17)16-12(7-15)9-4-5-9/h2-3,6,9,12H,4-5H2,1H3,(H,16,17)/t12-/m1/s1. The first kappa shape index (κ1) is 12.1. The van der Waals surface area contributed by atoms with Crippen LogP contribution in [0.15, 0.2) is 22.7 Å². The van der Waals surface area contributed by atoms with Crippen LogP contribution in [0.5, 0.6) is 0 Å². The molecule has 1 saturated carbocycles. The number of aryl methyl sites for hydroxylation is 1. The molecule has 0 heterocycles. The third kappa shape index (κ3) is 2.86. The maximum absolute atomic E-state index is 11.9. The van der Waals surface area contributed by atoms with Gasteiger partial charge in [0.05, 0.1) is 6.07 Å². The van der Waals surface area contributed by atoms with Crippen LogP contribution in [-0.2, 0) is 0 Å². The molecule has 17 heavy (non-hydrogen) atoms. The minimum atomic E-state index is -0.345. The van der Waals surface area contributed by atoms with Gasteiger partial charge in [-0.25, -0.2) is 0 Å². The van der Waals surface area contributed by atoms with Gasteiger partial charge >= 0.3 is 0 Å². The molecule has 0 spiro atoms. The van der Waals surface area contributed by atoms with Gasteiger partial charge in [0.2, 0.25) is 0 Å². The Balaban J connectivity index is 2.08. The van der Waals surface area contributed by atoms with E-state index in [0.29, 0.717) is 11.5 Å². The van der Waals surface area contributed by atoms with E-state index in [0.717, 1.165) is 22.9 Å². The minimum absolute atomic E-state index is 0.177. The second-order valence-corrected chi connectivity index (χ2v) is 5.24. The SMILES string of the molecule is Cc1ccc(C(=O)N[C@H](C#N)C2CC2)cc1Br. The number of halogens is 1. The number of hydrogen-bond acceptors (Lipinski definition) is 2. The number of carbonyl (C=O) groups is 1. The molecule has 1 aromatic rings. The summed E-state index contributed by atoms with van der Waals surface area (Å²) in [5, 5.41) is 11.7. The molecule has 1 aliphatic carbocycles. The van der Waals surface area contributed by atoms with E-state index >= 15 is 0 Å². The van der Waals surface area contributed by atoms with E-state index < -0.39 is 0 Å². The van der Waals surface area contributed by atoms with E-state index in [1.807, 2.05) is 13.0 Å². The lowest BCUT2D eigenvalue weighted by molar-refractivity contribution is 0.0942. The number of nitrogens with zero attached hydrogens (tertiary/aromatic N) is 1. The van der Waals surface area contributed by atoms with Crippen LogP contribution in [0.2, 0.25) is 0 Å². The number of carbonyl (C=O) groups excluding carboxylic acids is 1. The molecule has 1 atom stereocenters. The zero-order valence-corrected chi connectivity index (χ0v) is 11.1. The third-order valence-electron chi connectivity index (χ3n) is 2.95. The number of hydrogen-bond donors (Lipinski definition) is 1. The summed E-state index contributed by atoms with van der Waals surface area (Å²) in [4.78, 5) is 11.9. The number of benzene rings is 1. The molecule has 0 aliphatic heterocycles. The van der Waals surface area contributed by atoms with Crippen LogP contribution in [0.25, 0.3) is 0 Å². The van der Waals surface area contributed by atoms with Crippen molar-refractivity contribution in [2.45, 2.75) is 25.8 Å². The van der Waals surface area contributed by atoms with Crippen molar-refractivity contribution >= 4 is 21.8 Å². The molecule has 1 fully saturated rings. The first-order valence-electron chi connectivity index (χ1n) is 5.58. The lowest BCUT2D eigenvalue weighted by Crippen LogP contribution is -2.35. The summed E-state index contributed by atoms with van der Waals surface area (Å²) in [6.45, 7) is 1.97. The fraction of sp³-hybridized carbons (Fsp3) is 0.385. The van der Waals surface area contributed by atoms with Crippen molar-refractivity contribution in [3.63, 3.8) is 0 Å². The maximum atomic E-state index is 11.9. The number of nitriles is 1. The lowest BCUT2D eigenvalue weighted by atomic mass is 10.1. The van der Waals surface area contributed by atoms with Gasteiger partial charge in [-0.1, -0.05) is 22.0 Å². The Bertz CT molecular complexity index is 489. The van der Waals surface area contributed by atoms with Gasteiger partial charge in [-0.2, -0.15) is 5.26 Å². The van der Waals surface area contributed by atoms with Crippen LogP contribution >= 0.6 is 15.9 Å². The largest absolute Gasteiger partial charge is 0.336 e. The summed E-state index contributed by atoms with van der Waals surface area (Å²) in [5.41, 5.74) is 1.67. The normalized spacial score (nSPS) is 16.1. The summed E-state index contributed by atoms with van der Waals surface area (Å²) in [6.07, 6.45) is 2.08. The molecule has 3 nitrogen and oxygen atoms in total. The van der Waals surface area contributed by atoms with Gasteiger partial charge in [0.15, 0.2) is 0 Å². The molecule has 0 saturated heterocycles. The van der Waals surface area contributed by atoms with Crippen LogP contribution in [0, 0.1) is 24.2 Å². The van der Waals surface area contributed by atoms with E-state index in [1.165, 1.54) is 0 Å². The fourth-order valence-corrected chi connectivity index (χ4v) is 2.02. The molecule has 0 unspecified atom stereocenters. The molecule has 0 radical (unpaired) electrons. The molecule has 4 heteroatoms. The van der Waals surface area contributed by atoms with Gasteiger partial charge in [0, 0.05) is 10.0 Å². The van der Waals surface area contributed by atoms with Crippen molar-refractivity contribution in [1.29, 1.82) is 5.26 Å². The van der Waals surface area contributed by atoms with Crippen molar-refractivity contribution in [3.05, 3.63) is 33.8 Å². The van der Waals surface area contributed by atoms with E-state index in [1.54, 1.807) is 12.1 Å². The Morgan fingerprint density at radius 1 is 1.59 bits per heavy atom. The van der Waals surface area contributed by atoms with E-state index in [-0.39, 0.29) is 11.9 Å². The number of nitrogens with one attached hydrogen (secondary N) is 1. The van der Waals surface area contributed by atoms with Crippen LogP contribution in [-0.4, -0.2) is 11.9 Å². The van der Waals surface area contributed by atoms with Crippen LogP contribution < -0.4 is 5.32 Å². The Morgan fingerprint density at radius 2 is 2.29 bits per heavy atom. The first-order valence-corrected chi connectivity index (χ1v) is 6.37. The van der Waals surface area contributed by atoms with Gasteiger partial charge in [-0.3, -0.25) is 4.79 Å². The van der Waals surface area contributed by atoms with Crippen molar-refractivity contribution in [2.75, 3.05) is 0 Å². The van der Waals surface area contributed by atoms with Gasteiger partial charge < -0.3 is 5.32 Å². The highest BCUT2D eigenvalue weighted by Crippen LogP contribution is 2.32. The van der Waals surface area contributed by atoms with Gasteiger partial charge in [-0.05, 0) is 43.4 Å². The quantitative estimate of drug-likeness (QED) is 0.931. The molecule has 0 aromatic heterocycles. The Kier molecular flexibility index (Phi) is 3.49. The first-order chi connectivity index (χ1) is 8.11. The van der Waals surface area contributed by atoms with Crippen molar-refractivity contribution < 1.29 is 4.79 Å². The second-order valence-electron chi connectivity index (χ2n) is 4.38. The van der Waals surface area contributed by atoms with Crippen molar-refractivity contribution in [1.82, 2.24) is 5.32 Å². The molecule has 1 N–H and O–H groups in total. The van der Waals surface area contributed by atoms with E-state index in [2.05, 4.69) is 27.3 Å². The topological polar surface area (TPSA) is 52.9 Å². The predicted octanol–water partition coefficient (Wildman–Crippen LogP) is 2.79. The van der Waals surface area contributed by atoms with Crippen molar-refractivity contribution in [3.8, 4) is 6.07 Å². The molecule has 1 amide bonds. The molecule has 2 rings (SSSR count). The monoisotopic (exact) mass is 292 g/mol. The molecule has 1 aromatic carbocycles. The molecule has 1 aliphatic rings. The molecule has 0 bridgehead atoms. The average Bonchev–Trinajstić information content (AvgIpc) is 3.13. The highest BCUT2D eigenvalue weighted by molar-refractivity contribution is 9.10. The minimum Gasteiger partial charge on any atom is -0.336 e. The average molecular weight is 293 g/mol. The van der Waals surface area contributed by atoms with Crippen LogP contribution in [0.4, 0.5) is 0 Å². The zero-order valence-electron chi connectivity index (χ0n) is 9.53. The van der Waals surface area contributed by atoms with Crippen LogP contribution in [0.3, 0.4) is 0 Å². The summed E-state index contributed by atoms with van der Waals surface area (Å²) in [7, 11) is 0. The zero-order chi connectivity index (χ0) is 12.4. The number of rotatable bonds is 3. The molecular formula is C13H13BrN2O. The van der Waals surface area contributed by atoms with E-state index in [9.17, 15) is 4.79 Å². The summed E-state index contributed by atoms with van der Waals surface area (Å²) >= 11 is 3.39. The predicted molar refractivity (Wildman–Crippen MR) is 68.5 cm³/mol. The second kappa shape index (κ2) is 4.89. The van der Waals surface area contributed by atoms with Crippen LogP contribution in [0.1, 0.15) is 28.8 Å². The Hall–Kier alpha value is -1.34.